The highest BCUT2D eigenvalue weighted by atomic mass is 32.3. The fourth-order valence-electron chi connectivity index (χ4n) is 3.07. The minimum absolute atomic E-state index is 0.0865. The highest BCUT2D eigenvalue weighted by molar-refractivity contribution is 8.04. The van der Waals surface area contributed by atoms with Gasteiger partial charge in [0.1, 0.15) is 0 Å². The van der Waals surface area contributed by atoms with Gasteiger partial charge in [0, 0.05) is 0 Å². The summed E-state index contributed by atoms with van der Waals surface area (Å²) in [6.45, 7) is -0.948. The van der Waals surface area contributed by atoms with Gasteiger partial charge in [0.25, 0.3) is 0 Å². The van der Waals surface area contributed by atoms with Crippen LogP contribution in [-0.4, -0.2) is 72.7 Å². The maximum absolute atomic E-state index is 12.4. The Morgan fingerprint density at radius 2 is 1.13 bits per heavy atom. The first-order valence-corrected chi connectivity index (χ1v) is 15.7. The number of sulfonamides is 4. The third-order valence-corrected chi connectivity index (χ3v) is 11.0. The maximum Gasteiger partial charge on any atom is 0.224 e. The van der Waals surface area contributed by atoms with Crippen molar-refractivity contribution in [2.24, 2.45) is 0 Å². The molecule has 2 aromatic rings. The van der Waals surface area contributed by atoms with Gasteiger partial charge in [-0.2, -0.15) is 0 Å². The first-order chi connectivity index (χ1) is 13.4. The first-order valence-electron chi connectivity index (χ1n) is 8.28. The maximum atomic E-state index is 12.4. The van der Waals surface area contributed by atoms with Crippen molar-refractivity contribution in [2.75, 3.05) is 31.6 Å². The van der Waals surface area contributed by atoms with E-state index in [-0.39, 0.29) is 13.0 Å². The van der Waals surface area contributed by atoms with E-state index < -0.39 is 52.7 Å². The van der Waals surface area contributed by atoms with Gasteiger partial charge in [0.2, 0.25) is 40.1 Å². The van der Waals surface area contributed by atoms with Gasteiger partial charge in [-0.3, -0.25) is 0 Å². The van der Waals surface area contributed by atoms with Crippen LogP contribution in [0.2, 0.25) is 0 Å². The molecule has 2 rings (SSSR count). The summed E-state index contributed by atoms with van der Waals surface area (Å²) in [4.78, 5) is 0. The predicted octanol–water partition coefficient (Wildman–Crippen LogP) is 0.323. The third-order valence-electron chi connectivity index (χ3n) is 4.13. The molecule has 0 saturated heterocycles. The van der Waals surface area contributed by atoms with Crippen LogP contribution in [0, 0.1) is 0 Å². The second kappa shape index (κ2) is 8.16. The lowest BCUT2D eigenvalue weighted by atomic mass is 10.0. The molecule has 168 valence electrons. The monoisotopic (exact) mass is 498 g/mol. The number of benzene rings is 2. The van der Waals surface area contributed by atoms with Crippen molar-refractivity contribution in [3.8, 4) is 0 Å². The van der Waals surface area contributed by atoms with Gasteiger partial charge < -0.3 is 0 Å². The predicted molar refractivity (Wildman–Crippen MR) is 115 cm³/mol. The van der Waals surface area contributed by atoms with Gasteiger partial charge in [0.05, 0.1) is 37.6 Å². The Labute approximate surface area is 177 Å². The molecule has 0 aromatic heterocycles. The summed E-state index contributed by atoms with van der Waals surface area (Å²) in [5.41, 5.74) is 0.113. The molecule has 0 heterocycles. The van der Waals surface area contributed by atoms with Crippen LogP contribution in [0.15, 0.2) is 42.5 Å². The molecule has 0 aliphatic heterocycles. The fraction of sp³-hybridized carbons (Fsp3) is 0.375. The second-order valence-electron chi connectivity index (χ2n) is 6.86. The van der Waals surface area contributed by atoms with Gasteiger partial charge in [-0.25, -0.2) is 33.7 Å². The Morgan fingerprint density at radius 1 is 0.667 bits per heavy atom. The summed E-state index contributed by atoms with van der Waals surface area (Å²) in [6, 6.07) is 9.84. The fourth-order valence-corrected chi connectivity index (χ4v) is 9.14. The lowest BCUT2D eigenvalue weighted by Crippen LogP contribution is -2.46. The molecule has 14 heteroatoms. The Balaban J connectivity index is 2.83. The molecule has 0 aliphatic rings. The average molecular weight is 499 g/mol. The zero-order chi connectivity index (χ0) is 23.1. The van der Waals surface area contributed by atoms with Gasteiger partial charge in [-0.15, -0.1) is 0 Å². The van der Waals surface area contributed by atoms with E-state index in [1.165, 1.54) is 12.1 Å². The van der Waals surface area contributed by atoms with Gasteiger partial charge >= 0.3 is 0 Å². The van der Waals surface area contributed by atoms with Gasteiger partial charge in [-0.05, 0) is 22.4 Å². The molecule has 1 atom stereocenters. The summed E-state index contributed by atoms with van der Waals surface area (Å²) in [5, 5.41) is 1.40. The molecule has 0 unspecified atom stereocenters. The lowest BCUT2D eigenvalue weighted by Gasteiger charge is -2.31. The van der Waals surface area contributed by atoms with Gasteiger partial charge in [0.15, 0.2) is 0 Å². The summed E-state index contributed by atoms with van der Waals surface area (Å²) in [5.74, 6) is 0. The van der Waals surface area contributed by atoms with Gasteiger partial charge in [-0.1, -0.05) is 43.8 Å². The van der Waals surface area contributed by atoms with Crippen molar-refractivity contribution in [3.05, 3.63) is 48.0 Å². The molecule has 0 fully saturated rings. The molecule has 0 amide bonds. The Kier molecular flexibility index (Phi) is 6.72. The topological polar surface area (TPSA) is 143 Å². The van der Waals surface area contributed by atoms with Crippen molar-refractivity contribution in [3.63, 3.8) is 0 Å². The SMILES string of the molecule is CS(=O)(=O)N(C[C@H](c1ccc2ccccc2c1)N(S(C)(=O)=O)S(C)(=O)=O)S(C)(=O)=O. The van der Waals surface area contributed by atoms with Crippen LogP contribution in [0.25, 0.3) is 10.8 Å². The van der Waals surface area contributed by atoms with Crippen molar-refractivity contribution in [2.45, 2.75) is 6.04 Å². The van der Waals surface area contributed by atoms with Crippen molar-refractivity contribution in [1.29, 1.82) is 0 Å². The van der Waals surface area contributed by atoms with Crippen LogP contribution in [-0.2, 0) is 40.1 Å². The quantitative estimate of drug-likeness (QED) is 0.506. The Morgan fingerprint density at radius 3 is 1.57 bits per heavy atom. The Hall–Kier alpha value is -1.58. The van der Waals surface area contributed by atoms with Crippen LogP contribution >= 0.6 is 0 Å². The minimum Gasteiger partial charge on any atom is -0.212 e. The minimum atomic E-state index is -4.43. The zero-order valence-corrected chi connectivity index (χ0v) is 19.9. The molecule has 0 N–H and O–H groups in total. The highest BCUT2D eigenvalue weighted by Gasteiger charge is 2.40. The molecule has 2 aromatic carbocycles. The second-order valence-corrected chi connectivity index (χ2v) is 14.8. The van der Waals surface area contributed by atoms with E-state index in [4.69, 9.17) is 0 Å². The number of fused-ring (bicyclic) bond motifs is 1. The average Bonchev–Trinajstić information content (AvgIpc) is 2.53. The molecule has 10 nitrogen and oxygen atoms in total. The number of rotatable bonds is 8. The third kappa shape index (κ3) is 5.76. The first kappa shape index (κ1) is 24.7. The lowest BCUT2D eigenvalue weighted by molar-refractivity contribution is 0.389. The van der Waals surface area contributed by atoms with E-state index in [1.54, 1.807) is 30.3 Å². The van der Waals surface area contributed by atoms with Crippen LogP contribution in [0.1, 0.15) is 11.6 Å². The van der Waals surface area contributed by atoms with Crippen LogP contribution in [0.3, 0.4) is 0 Å². The van der Waals surface area contributed by atoms with Crippen molar-refractivity contribution < 1.29 is 33.7 Å². The summed E-state index contributed by atoms with van der Waals surface area (Å²) < 4.78 is 98.1. The number of hydrogen-bond donors (Lipinski definition) is 0. The molecule has 0 radical (unpaired) electrons. The van der Waals surface area contributed by atoms with E-state index >= 15 is 0 Å². The standard InChI is InChI=1S/C16H22N2O8S4/c1-27(19,20)17(28(2,21)22)12-16(18(29(3,23)24)30(4,25)26)15-10-9-13-7-5-6-8-14(13)11-15/h5-11,16H,12H2,1-4H3/t16-/m1/s1. The molecule has 0 saturated carbocycles. The molecule has 0 aliphatic carbocycles. The van der Waals surface area contributed by atoms with E-state index in [0.717, 1.165) is 5.39 Å². The van der Waals surface area contributed by atoms with E-state index in [2.05, 4.69) is 0 Å². The molecule has 0 bridgehead atoms. The van der Waals surface area contributed by atoms with Crippen molar-refractivity contribution in [1.82, 2.24) is 7.42 Å². The van der Waals surface area contributed by atoms with E-state index in [1.807, 2.05) is 0 Å². The van der Waals surface area contributed by atoms with Crippen LogP contribution < -0.4 is 0 Å². The molecular formula is C16H22N2O8S4. The molecule has 30 heavy (non-hydrogen) atoms. The number of hydrogen-bond acceptors (Lipinski definition) is 8. The van der Waals surface area contributed by atoms with E-state index in [0.29, 0.717) is 30.4 Å². The largest absolute Gasteiger partial charge is 0.224 e. The van der Waals surface area contributed by atoms with Crippen LogP contribution in [0.4, 0.5) is 0 Å². The summed E-state index contributed by atoms with van der Waals surface area (Å²) in [6.07, 6.45) is 2.56. The van der Waals surface area contributed by atoms with E-state index in [9.17, 15) is 33.7 Å². The number of nitrogens with zero attached hydrogens (tertiary/aromatic N) is 2. The smallest absolute Gasteiger partial charge is 0.212 e. The Bertz CT molecular complexity index is 1320. The van der Waals surface area contributed by atoms with Crippen LogP contribution in [0.5, 0.6) is 0 Å². The normalized spacial score (nSPS) is 15.0. The van der Waals surface area contributed by atoms with Crippen molar-refractivity contribution >= 4 is 50.9 Å². The summed E-state index contributed by atoms with van der Waals surface area (Å²) >= 11 is 0. The zero-order valence-electron chi connectivity index (χ0n) is 16.6. The molecule has 0 spiro atoms. The molecular weight excluding hydrogens is 476 g/mol. The highest BCUT2D eigenvalue weighted by Crippen LogP contribution is 2.31. The summed E-state index contributed by atoms with van der Waals surface area (Å²) in [7, 11) is -17.6.